The molecule has 0 radical (unpaired) electrons. The van der Waals surface area contributed by atoms with Gasteiger partial charge in [-0.25, -0.2) is 26.7 Å². The summed E-state index contributed by atoms with van der Waals surface area (Å²) in [6.07, 6.45) is 0. The Bertz CT molecular complexity index is 1080. The normalized spacial score (nSPS) is 15.4. The maximum Gasteiger partial charge on any atom is 0.371 e. The predicted molar refractivity (Wildman–Crippen MR) is 109 cm³/mol. The van der Waals surface area contributed by atoms with Crippen LogP contribution in [-0.2, 0) is 14.4 Å². The molecule has 0 N–H and O–H groups in total. The van der Waals surface area contributed by atoms with E-state index in [4.69, 9.17) is 4.74 Å². The molecule has 6 nitrogen and oxygen atoms in total. The third kappa shape index (κ3) is 5.22. The van der Waals surface area contributed by atoms with E-state index in [1.54, 1.807) is 24.3 Å². The topological polar surface area (TPSA) is 68.2 Å². The van der Waals surface area contributed by atoms with Crippen molar-refractivity contribution in [1.82, 2.24) is 4.90 Å². The van der Waals surface area contributed by atoms with E-state index in [9.17, 15) is 31.5 Å². The molecule has 33 heavy (non-hydrogen) atoms. The standard InChI is InChI=1S/C21H16BrF5N2O4/c1-10(28-33-21(31)14-15(23)17(25)19(27)18(26)16(14)24)13(11-2-4-12(22)5-3-11)20(30)29-6-8-32-9-7-29/h2-5,13H,6-9H2,1H3/b28-10+. The number of carbonyl (C=O) groups excluding carboxylic acids is 2. The minimum Gasteiger partial charge on any atom is -0.378 e. The highest BCUT2D eigenvalue weighted by atomic mass is 79.9. The number of benzene rings is 2. The Balaban J connectivity index is 1.92. The van der Waals surface area contributed by atoms with Crippen molar-refractivity contribution in [2.75, 3.05) is 26.3 Å². The molecule has 2 aromatic rings. The number of rotatable bonds is 5. The van der Waals surface area contributed by atoms with Crippen LogP contribution in [0.5, 0.6) is 0 Å². The van der Waals surface area contributed by atoms with Crippen molar-refractivity contribution in [3.05, 3.63) is 69.0 Å². The smallest absolute Gasteiger partial charge is 0.371 e. The summed E-state index contributed by atoms with van der Waals surface area (Å²) in [5, 5.41) is 3.48. The number of nitrogens with zero attached hydrogens (tertiary/aromatic N) is 2. The highest BCUT2D eigenvalue weighted by molar-refractivity contribution is 9.10. The molecule has 0 aromatic heterocycles. The summed E-state index contributed by atoms with van der Waals surface area (Å²) in [5.41, 5.74) is -1.39. The number of amides is 1. The third-order valence-electron chi connectivity index (χ3n) is 4.88. The van der Waals surface area contributed by atoms with E-state index in [1.807, 2.05) is 0 Å². The molecule has 1 heterocycles. The first kappa shape index (κ1) is 24.8. The fourth-order valence-electron chi connectivity index (χ4n) is 3.18. The van der Waals surface area contributed by atoms with Gasteiger partial charge in [-0.1, -0.05) is 33.2 Å². The first-order chi connectivity index (χ1) is 15.6. The molecule has 1 aliphatic heterocycles. The lowest BCUT2D eigenvalue weighted by Gasteiger charge is -2.30. The SMILES string of the molecule is C/C(=N\OC(=O)c1c(F)c(F)c(F)c(F)c1F)C(C(=O)N1CCOCC1)c1ccc(Br)cc1. The molecule has 1 unspecified atom stereocenters. The van der Waals surface area contributed by atoms with Crippen LogP contribution in [0.15, 0.2) is 33.9 Å². The number of hydrogen-bond acceptors (Lipinski definition) is 5. The zero-order valence-corrected chi connectivity index (χ0v) is 18.6. The van der Waals surface area contributed by atoms with Gasteiger partial charge in [0, 0.05) is 17.6 Å². The minimum atomic E-state index is -2.41. The van der Waals surface area contributed by atoms with E-state index in [0.717, 1.165) is 4.47 Å². The Hall–Kier alpha value is -2.86. The summed E-state index contributed by atoms with van der Waals surface area (Å²) in [7, 11) is 0. The first-order valence-corrected chi connectivity index (χ1v) is 10.3. The molecule has 1 atom stereocenters. The van der Waals surface area contributed by atoms with Gasteiger partial charge in [-0.15, -0.1) is 0 Å². The van der Waals surface area contributed by atoms with Crippen LogP contribution in [0.1, 0.15) is 28.8 Å². The van der Waals surface area contributed by atoms with Gasteiger partial charge < -0.3 is 14.5 Å². The van der Waals surface area contributed by atoms with Crippen molar-refractivity contribution >= 4 is 33.5 Å². The first-order valence-electron chi connectivity index (χ1n) is 9.52. The highest BCUT2D eigenvalue weighted by Crippen LogP contribution is 2.26. The fourth-order valence-corrected chi connectivity index (χ4v) is 3.44. The van der Waals surface area contributed by atoms with Crippen molar-refractivity contribution in [1.29, 1.82) is 0 Å². The molecule has 176 valence electrons. The lowest BCUT2D eigenvalue weighted by molar-refractivity contribution is -0.135. The molecule has 1 fully saturated rings. The van der Waals surface area contributed by atoms with Crippen LogP contribution in [-0.4, -0.2) is 48.8 Å². The molecule has 12 heteroatoms. The van der Waals surface area contributed by atoms with E-state index in [1.165, 1.54) is 11.8 Å². The number of morpholine rings is 1. The van der Waals surface area contributed by atoms with Gasteiger partial charge in [0.15, 0.2) is 23.3 Å². The second-order valence-electron chi connectivity index (χ2n) is 6.98. The Morgan fingerprint density at radius 2 is 1.48 bits per heavy atom. The molecule has 1 amide bonds. The molecule has 0 spiro atoms. The van der Waals surface area contributed by atoms with Gasteiger partial charge in [0.1, 0.15) is 11.5 Å². The average molecular weight is 535 g/mol. The lowest BCUT2D eigenvalue weighted by atomic mass is 9.93. The Morgan fingerprint density at radius 1 is 0.970 bits per heavy atom. The molecule has 0 saturated carbocycles. The number of ether oxygens (including phenoxy) is 1. The van der Waals surface area contributed by atoms with Crippen molar-refractivity contribution in [2.45, 2.75) is 12.8 Å². The maximum absolute atomic E-state index is 13.9. The zero-order chi connectivity index (χ0) is 24.3. The minimum absolute atomic E-state index is 0.0777. The Labute approximate surface area is 193 Å². The highest BCUT2D eigenvalue weighted by Gasteiger charge is 2.33. The number of halogens is 6. The summed E-state index contributed by atoms with van der Waals surface area (Å²) in [6.45, 7) is 2.60. The fraction of sp³-hybridized carbons (Fsp3) is 0.286. The van der Waals surface area contributed by atoms with Crippen LogP contribution >= 0.6 is 15.9 Å². The van der Waals surface area contributed by atoms with Crippen LogP contribution in [0.2, 0.25) is 0 Å². The Kier molecular flexibility index (Phi) is 7.80. The monoisotopic (exact) mass is 534 g/mol. The third-order valence-corrected chi connectivity index (χ3v) is 5.41. The summed E-state index contributed by atoms with van der Waals surface area (Å²) in [4.78, 5) is 31.2. The molecule has 3 rings (SSSR count). The quantitative estimate of drug-likeness (QED) is 0.143. The number of oxime groups is 1. The van der Waals surface area contributed by atoms with Crippen LogP contribution in [0.25, 0.3) is 0 Å². The second kappa shape index (κ2) is 10.4. The zero-order valence-electron chi connectivity index (χ0n) is 17.0. The van der Waals surface area contributed by atoms with Crippen molar-refractivity contribution in [3.63, 3.8) is 0 Å². The Morgan fingerprint density at radius 3 is 2.03 bits per heavy atom. The summed E-state index contributed by atoms with van der Waals surface area (Å²) >= 11 is 3.28. The average Bonchev–Trinajstić information content (AvgIpc) is 2.82. The van der Waals surface area contributed by atoms with Gasteiger partial charge in [-0.3, -0.25) is 4.79 Å². The largest absolute Gasteiger partial charge is 0.378 e. The summed E-state index contributed by atoms with van der Waals surface area (Å²) < 4.78 is 73.7. The van der Waals surface area contributed by atoms with Crippen molar-refractivity contribution in [3.8, 4) is 0 Å². The molecule has 1 aliphatic rings. The molecular weight excluding hydrogens is 519 g/mol. The van der Waals surface area contributed by atoms with Gasteiger partial charge in [0.2, 0.25) is 11.7 Å². The van der Waals surface area contributed by atoms with Crippen LogP contribution in [0, 0.1) is 29.1 Å². The van der Waals surface area contributed by atoms with Gasteiger partial charge in [-0.05, 0) is 24.6 Å². The molecule has 0 bridgehead atoms. The second-order valence-corrected chi connectivity index (χ2v) is 7.89. The molecule has 2 aromatic carbocycles. The van der Waals surface area contributed by atoms with Crippen LogP contribution in [0.4, 0.5) is 22.0 Å². The maximum atomic E-state index is 13.9. The van der Waals surface area contributed by atoms with Gasteiger partial charge >= 0.3 is 5.97 Å². The van der Waals surface area contributed by atoms with E-state index in [2.05, 4.69) is 25.9 Å². The summed E-state index contributed by atoms with van der Waals surface area (Å²) in [5.74, 6) is -15.0. The van der Waals surface area contributed by atoms with Crippen LogP contribution in [0.3, 0.4) is 0 Å². The molecule has 0 aliphatic carbocycles. The van der Waals surface area contributed by atoms with E-state index in [-0.39, 0.29) is 5.71 Å². The molecular formula is C21H16BrF5N2O4. The van der Waals surface area contributed by atoms with Gasteiger partial charge in [0.25, 0.3) is 0 Å². The van der Waals surface area contributed by atoms with Crippen molar-refractivity contribution < 1.29 is 41.1 Å². The predicted octanol–water partition coefficient (Wildman–Crippen LogP) is 4.32. The summed E-state index contributed by atoms with van der Waals surface area (Å²) in [6, 6.07) is 6.59. The molecule has 1 saturated heterocycles. The van der Waals surface area contributed by atoms with E-state index < -0.39 is 52.4 Å². The van der Waals surface area contributed by atoms with Gasteiger partial charge in [0.05, 0.1) is 18.9 Å². The number of carbonyl (C=O) groups is 2. The lowest BCUT2D eigenvalue weighted by Crippen LogP contribution is -2.44. The van der Waals surface area contributed by atoms with Crippen LogP contribution < -0.4 is 0 Å². The van der Waals surface area contributed by atoms with E-state index in [0.29, 0.717) is 31.9 Å². The van der Waals surface area contributed by atoms with Gasteiger partial charge in [-0.2, -0.15) is 0 Å². The van der Waals surface area contributed by atoms with Crippen molar-refractivity contribution in [2.24, 2.45) is 5.16 Å². The van der Waals surface area contributed by atoms with E-state index >= 15 is 0 Å². The number of hydrogen-bond donors (Lipinski definition) is 0.